The fraction of sp³-hybridized carbons (Fsp3) is 0.120. The van der Waals surface area contributed by atoms with Crippen LogP contribution < -0.4 is 5.32 Å². The normalized spacial score (nSPS) is 18.0. The van der Waals surface area contributed by atoms with E-state index in [-0.39, 0.29) is 16.8 Å². The Morgan fingerprint density at radius 3 is 2.62 bits per heavy atom. The fourth-order valence-electron chi connectivity index (χ4n) is 4.48. The van der Waals surface area contributed by atoms with Crippen molar-refractivity contribution in [1.82, 2.24) is 9.88 Å². The predicted octanol–water partition coefficient (Wildman–Crippen LogP) is 5.51. The number of aromatic amines is 1. The molecule has 2 N–H and O–H groups in total. The van der Waals surface area contributed by atoms with Crippen LogP contribution in [0.1, 0.15) is 33.4 Å². The van der Waals surface area contributed by atoms with Crippen LogP contribution in [0.5, 0.6) is 0 Å². The van der Waals surface area contributed by atoms with Gasteiger partial charge in [0.25, 0.3) is 5.91 Å². The van der Waals surface area contributed by atoms with Crippen LogP contribution in [0.15, 0.2) is 72.9 Å². The molecule has 3 aromatic carbocycles. The molecule has 0 aliphatic carbocycles. The average Bonchev–Trinajstić information content (AvgIpc) is 3.22. The van der Waals surface area contributed by atoms with Crippen LogP contribution >= 0.6 is 11.6 Å². The Hall–Kier alpha value is -3.64. The van der Waals surface area contributed by atoms with Gasteiger partial charge in [-0.25, -0.2) is 4.39 Å². The maximum Gasteiger partial charge on any atom is 0.254 e. The summed E-state index contributed by atoms with van der Waals surface area (Å²) in [7, 11) is 1.71. The zero-order valence-electron chi connectivity index (χ0n) is 17.1. The second kappa shape index (κ2) is 7.80. The van der Waals surface area contributed by atoms with E-state index < -0.39 is 17.8 Å². The minimum absolute atomic E-state index is 0.0766. The quantitative estimate of drug-likeness (QED) is 0.435. The number of para-hydroxylation sites is 1. The van der Waals surface area contributed by atoms with Gasteiger partial charge in [0.15, 0.2) is 0 Å². The smallest absolute Gasteiger partial charge is 0.254 e. The summed E-state index contributed by atoms with van der Waals surface area (Å²) >= 11 is 5.90. The van der Waals surface area contributed by atoms with Gasteiger partial charge >= 0.3 is 0 Å². The zero-order valence-corrected chi connectivity index (χ0v) is 17.9. The van der Waals surface area contributed by atoms with Crippen molar-refractivity contribution < 1.29 is 14.0 Å². The number of halogens is 2. The number of carbonyl (C=O) groups excluding carboxylic acids is 2. The monoisotopic (exact) mass is 447 g/mol. The molecular formula is C25H19ClFN3O2. The Balaban J connectivity index is 1.64. The fourth-order valence-corrected chi connectivity index (χ4v) is 4.66. The predicted molar refractivity (Wildman–Crippen MR) is 122 cm³/mol. The maximum absolute atomic E-state index is 13.6. The van der Waals surface area contributed by atoms with E-state index in [1.165, 1.54) is 18.2 Å². The molecule has 0 bridgehead atoms. The number of fused-ring (bicyclic) bond motifs is 2. The number of benzene rings is 3. The van der Waals surface area contributed by atoms with Crippen molar-refractivity contribution in [2.24, 2.45) is 0 Å². The molecule has 5 nitrogen and oxygen atoms in total. The van der Waals surface area contributed by atoms with E-state index in [0.717, 1.165) is 16.5 Å². The molecule has 2 heterocycles. The van der Waals surface area contributed by atoms with E-state index in [2.05, 4.69) is 10.3 Å². The lowest BCUT2D eigenvalue weighted by atomic mass is 9.79. The molecule has 0 radical (unpaired) electrons. The molecule has 0 saturated heterocycles. The molecule has 5 rings (SSSR count). The topological polar surface area (TPSA) is 65.2 Å². The molecule has 1 aromatic heterocycles. The highest BCUT2D eigenvalue weighted by molar-refractivity contribution is 6.31. The van der Waals surface area contributed by atoms with Gasteiger partial charge in [-0.05, 0) is 35.9 Å². The Labute approximate surface area is 188 Å². The lowest BCUT2D eigenvalue weighted by Crippen LogP contribution is -2.44. The second-order valence-corrected chi connectivity index (χ2v) is 8.24. The van der Waals surface area contributed by atoms with Crippen LogP contribution in [0.2, 0.25) is 5.02 Å². The SMILES string of the molecule is CN1C(=O)c2ccccc2[C@@H](C(=O)Nc2ccc(F)c(Cl)c2)[C@H]1c1c[nH]c2ccccc12. The van der Waals surface area contributed by atoms with Gasteiger partial charge in [-0.3, -0.25) is 9.59 Å². The number of rotatable bonds is 3. The summed E-state index contributed by atoms with van der Waals surface area (Å²) in [5.74, 6) is -1.70. The molecule has 0 fully saturated rings. The molecule has 7 heteroatoms. The van der Waals surface area contributed by atoms with Crippen LogP contribution in [-0.4, -0.2) is 28.7 Å². The highest BCUT2D eigenvalue weighted by Crippen LogP contribution is 2.44. The van der Waals surface area contributed by atoms with Crippen molar-refractivity contribution in [2.45, 2.75) is 12.0 Å². The molecule has 0 spiro atoms. The number of nitrogens with one attached hydrogen (secondary N) is 2. The van der Waals surface area contributed by atoms with Gasteiger partial charge in [0.05, 0.1) is 17.0 Å². The number of aromatic nitrogens is 1. The molecule has 4 aromatic rings. The minimum Gasteiger partial charge on any atom is -0.361 e. The highest BCUT2D eigenvalue weighted by Gasteiger charge is 2.43. The first kappa shape index (κ1) is 20.3. The van der Waals surface area contributed by atoms with E-state index in [1.807, 2.05) is 42.6 Å². The molecule has 2 atom stereocenters. The number of likely N-dealkylation sites (N-methyl/N-ethyl adjacent to an activating group) is 1. The maximum atomic E-state index is 13.6. The Morgan fingerprint density at radius 1 is 1.06 bits per heavy atom. The summed E-state index contributed by atoms with van der Waals surface area (Å²) in [6.45, 7) is 0. The summed E-state index contributed by atoms with van der Waals surface area (Å²) in [6.07, 6.45) is 1.85. The van der Waals surface area contributed by atoms with Gasteiger partial charge in [-0.2, -0.15) is 0 Å². The molecule has 1 aliphatic rings. The molecule has 160 valence electrons. The number of anilines is 1. The van der Waals surface area contributed by atoms with E-state index in [0.29, 0.717) is 16.8 Å². The Bertz CT molecular complexity index is 1370. The van der Waals surface area contributed by atoms with Gasteiger partial charge in [0, 0.05) is 41.0 Å². The lowest BCUT2D eigenvalue weighted by Gasteiger charge is -2.39. The van der Waals surface area contributed by atoms with Crippen LogP contribution in [0.3, 0.4) is 0 Å². The van der Waals surface area contributed by atoms with Crippen LogP contribution in [0.25, 0.3) is 10.9 Å². The average molecular weight is 448 g/mol. The first-order valence-corrected chi connectivity index (χ1v) is 10.5. The second-order valence-electron chi connectivity index (χ2n) is 7.83. The minimum atomic E-state index is -0.683. The summed E-state index contributed by atoms with van der Waals surface area (Å²) in [5, 5.41) is 3.72. The summed E-state index contributed by atoms with van der Waals surface area (Å²) in [5.41, 5.74) is 3.30. The number of nitrogens with zero attached hydrogens (tertiary/aromatic N) is 1. The van der Waals surface area contributed by atoms with Crippen molar-refractivity contribution in [3.63, 3.8) is 0 Å². The van der Waals surface area contributed by atoms with Crippen LogP contribution in [0, 0.1) is 5.82 Å². The first-order valence-electron chi connectivity index (χ1n) is 10.1. The lowest BCUT2D eigenvalue weighted by molar-refractivity contribution is -0.119. The third kappa shape index (κ3) is 3.24. The van der Waals surface area contributed by atoms with Crippen LogP contribution in [-0.2, 0) is 4.79 Å². The van der Waals surface area contributed by atoms with Crippen molar-refractivity contribution in [1.29, 1.82) is 0 Å². The summed E-state index contributed by atoms with van der Waals surface area (Å²) in [6, 6.07) is 18.4. The third-order valence-electron chi connectivity index (χ3n) is 5.99. The van der Waals surface area contributed by atoms with Gasteiger partial charge in [-0.15, -0.1) is 0 Å². The molecule has 0 unspecified atom stereocenters. The van der Waals surface area contributed by atoms with Crippen molar-refractivity contribution in [2.75, 3.05) is 12.4 Å². The molecule has 32 heavy (non-hydrogen) atoms. The number of hydrogen-bond donors (Lipinski definition) is 2. The molecule has 0 saturated carbocycles. The van der Waals surface area contributed by atoms with Gasteiger partial charge in [-0.1, -0.05) is 48.0 Å². The number of H-pyrrole nitrogens is 1. The summed E-state index contributed by atoms with van der Waals surface area (Å²) in [4.78, 5) is 31.7. The van der Waals surface area contributed by atoms with E-state index in [1.54, 1.807) is 24.1 Å². The number of hydrogen-bond acceptors (Lipinski definition) is 2. The summed E-state index contributed by atoms with van der Waals surface area (Å²) < 4.78 is 13.6. The van der Waals surface area contributed by atoms with E-state index in [9.17, 15) is 14.0 Å². The molecular weight excluding hydrogens is 429 g/mol. The largest absolute Gasteiger partial charge is 0.361 e. The van der Waals surface area contributed by atoms with Crippen molar-refractivity contribution in [3.05, 3.63) is 100 Å². The zero-order chi connectivity index (χ0) is 22.4. The van der Waals surface area contributed by atoms with Crippen molar-refractivity contribution >= 4 is 40.0 Å². The highest BCUT2D eigenvalue weighted by atomic mass is 35.5. The van der Waals surface area contributed by atoms with Gasteiger partial charge in [0.1, 0.15) is 5.82 Å². The van der Waals surface area contributed by atoms with Gasteiger partial charge < -0.3 is 15.2 Å². The standard InChI is InChI=1S/C25H19ClFN3O2/c1-30-23(18-13-28-21-9-5-4-6-15(18)21)22(16-7-2-3-8-17(16)25(30)32)24(31)29-14-10-11-20(27)19(26)12-14/h2-13,22-23,28H,1H3,(H,29,31)/t22-,23-/m1/s1. The Kier molecular flexibility index (Phi) is 4.94. The van der Waals surface area contributed by atoms with Crippen LogP contribution in [0.4, 0.5) is 10.1 Å². The van der Waals surface area contributed by atoms with E-state index >= 15 is 0 Å². The molecule has 2 amide bonds. The number of carbonyl (C=O) groups is 2. The van der Waals surface area contributed by atoms with Gasteiger partial charge in [0.2, 0.25) is 5.91 Å². The van der Waals surface area contributed by atoms with E-state index in [4.69, 9.17) is 11.6 Å². The first-order chi connectivity index (χ1) is 15.5. The third-order valence-corrected chi connectivity index (χ3v) is 6.28. The van der Waals surface area contributed by atoms with Crippen molar-refractivity contribution in [3.8, 4) is 0 Å². The Morgan fingerprint density at radius 2 is 1.81 bits per heavy atom. The number of amides is 2. The molecule has 1 aliphatic heterocycles.